The number of halogens is 1. The number of hydrogen-bond donors (Lipinski definition) is 0. The maximum absolute atomic E-state index is 12.6. The highest BCUT2D eigenvalue weighted by Crippen LogP contribution is 2.32. The lowest BCUT2D eigenvalue weighted by Crippen LogP contribution is -1.80. The van der Waals surface area contributed by atoms with Crippen LogP contribution in [0.4, 0.5) is 9.39 Å². The Balaban J connectivity index is 0.000000260. The summed E-state index contributed by atoms with van der Waals surface area (Å²) >= 11 is 2.37. The lowest BCUT2D eigenvalue weighted by molar-refractivity contribution is -0.380. The normalized spacial score (nSPS) is 9.10. The Morgan fingerprint density at radius 3 is 1.47 bits per heavy atom. The predicted molar refractivity (Wildman–Crippen MR) is 129 cm³/mol. The third-order valence-corrected chi connectivity index (χ3v) is 5.47. The monoisotopic (exact) mass is 443 g/mol. The molecule has 0 saturated carbocycles. The van der Waals surface area contributed by atoms with E-state index in [1.54, 1.807) is 12.1 Å². The van der Waals surface area contributed by atoms with Crippen LogP contribution in [0.5, 0.6) is 0 Å². The highest BCUT2D eigenvalue weighted by atomic mass is 32.1. The lowest BCUT2D eigenvalue weighted by Gasteiger charge is -1.93. The van der Waals surface area contributed by atoms with Gasteiger partial charge in [-0.3, -0.25) is 10.1 Å². The Morgan fingerprint density at radius 1 is 0.667 bits per heavy atom. The summed E-state index contributed by atoms with van der Waals surface area (Å²) in [5.74, 6) is 0. The van der Waals surface area contributed by atoms with Crippen LogP contribution in [0.2, 0.25) is 0 Å². The van der Waals surface area contributed by atoms with E-state index in [1.807, 2.05) is 88.4 Å². The Hall–Kier alpha value is -2.83. The molecule has 0 spiro atoms. The van der Waals surface area contributed by atoms with Crippen LogP contribution in [0.1, 0.15) is 27.7 Å². The zero-order valence-corrected chi connectivity index (χ0v) is 19.2. The average Bonchev–Trinajstić information content (AvgIpc) is 3.48. The highest BCUT2D eigenvalue weighted by molar-refractivity contribution is 7.18. The molecule has 0 aliphatic heterocycles. The Morgan fingerprint density at radius 2 is 1.10 bits per heavy atom. The van der Waals surface area contributed by atoms with E-state index < -0.39 is 0 Å². The van der Waals surface area contributed by atoms with Crippen LogP contribution in [-0.4, -0.2) is 4.92 Å². The van der Waals surface area contributed by atoms with Crippen LogP contribution >= 0.6 is 22.7 Å². The van der Waals surface area contributed by atoms with Crippen molar-refractivity contribution in [1.82, 2.24) is 0 Å². The molecule has 0 aliphatic carbocycles. The van der Waals surface area contributed by atoms with Crippen molar-refractivity contribution in [2.45, 2.75) is 27.7 Å². The minimum absolute atomic E-state index is 0.131. The van der Waals surface area contributed by atoms with Crippen molar-refractivity contribution in [3.8, 4) is 20.9 Å². The molecular weight excluding hydrogens is 417 g/mol. The minimum atomic E-state index is -0.364. The molecule has 0 amide bonds. The van der Waals surface area contributed by atoms with Crippen LogP contribution < -0.4 is 0 Å². The molecule has 2 aromatic carbocycles. The number of rotatable bonds is 3. The summed E-state index contributed by atoms with van der Waals surface area (Å²) in [6.07, 6.45) is 0. The van der Waals surface area contributed by atoms with Gasteiger partial charge in [-0.15, -0.1) is 11.3 Å². The van der Waals surface area contributed by atoms with Crippen molar-refractivity contribution in [3.63, 3.8) is 0 Å². The molecule has 0 unspecified atom stereocenters. The molecule has 4 rings (SSSR count). The first-order valence-electron chi connectivity index (χ1n) is 9.74. The van der Waals surface area contributed by atoms with E-state index in [9.17, 15) is 14.5 Å². The molecule has 3 nitrogen and oxygen atoms in total. The second-order valence-corrected chi connectivity index (χ2v) is 7.33. The topological polar surface area (TPSA) is 43.1 Å². The van der Waals surface area contributed by atoms with Crippen molar-refractivity contribution >= 4 is 27.7 Å². The van der Waals surface area contributed by atoms with Crippen molar-refractivity contribution in [3.05, 3.63) is 100 Å². The molecule has 0 saturated heterocycles. The number of nitro groups is 1. The van der Waals surface area contributed by atoms with E-state index in [0.29, 0.717) is 0 Å². The smallest absolute Gasteiger partial charge is 0.258 e. The molecule has 4 aromatic rings. The van der Waals surface area contributed by atoms with Gasteiger partial charge in [-0.1, -0.05) is 99.7 Å². The third-order valence-electron chi connectivity index (χ3n) is 3.46. The quantitative estimate of drug-likeness (QED) is 0.234. The van der Waals surface area contributed by atoms with E-state index in [0.717, 1.165) is 20.9 Å². The molecule has 2 heterocycles. The zero-order chi connectivity index (χ0) is 22.4. The van der Waals surface area contributed by atoms with Crippen molar-refractivity contribution < 1.29 is 9.31 Å². The number of thiophene rings is 2. The fourth-order valence-corrected chi connectivity index (χ4v) is 3.82. The summed E-state index contributed by atoms with van der Waals surface area (Å²) in [6.45, 7) is 8.00. The standard InChI is InChI=1S/C10H7FS.C10H7NO2S.2C2H6/c11-10-7-6-9(12-10)8-4-2-1-3-5-8;12-11(13)10-7-6-9(14-10)8-4-2-1-3-5-8;2*1-2/h1-7H;1-7H;2*1-2H3. The summed E-state index contributed by atoms with van der Waals surface area (Å²) in [5, 5.41) is 10.5. The van der Waals surface area contributed by atoms with Gasteiger partial charge in [0.1, 0.15) is 0 Å². The van der Waals surface area contributed by atoms with Crippen molar-refractivity contribution in [2.75, 3.05) is 0 Å². The zero-order valence-electron chi connectivity index (χ0n) is 17.5. The SMILES string of the molecule is CC.CC.Fc1ccc(-c2ccccc2)s1.O=[N+]([O-])c1ccc(-c2ccccc2)s1. The minimum Gasteiger partial charge on any atom is -0.258 e. The molecule has 0 radical (unpaired) electrons. The van der Waals surface area contributed by atoms with Crippen LogP contribution in [0.3, 0.4) is 0 Å². The maximum atomic E-state index is 12.6. The van der Waals surface area contributed by atoms with Crippen LogP contribution in [0.15, 0.2) is 84.9 Å². The fraction of sp³-hybridized carbons (Fsp3) is 0.167. The van der Waals surface area contributed by atoms with Gasteiger partial charge in [0.05, 0.1) is 4.92 Å². The number of nitrogens with zero attached hydrogens (tertiary/aromatic N) is 1. The molecule has 0 N–H and O–H groups in total. The first-order chi connectivity index (χ1) is 14.6. The number of hydrogen-bond acceptors (Lipinski definition) is 4. The van der Waals surface area contributed by atoms with Gasteiger partial charge in [0.2, 0.25) is 0 Å². The van der Waals surface area contributed by atoms with Gasteiger partial charge in [-0.2, -0.15) is 4.39 Å². The number of benzene rings is 2. The molecule has 0 fully saturated rings. The molecule has 30 heavy (non-hydrogen) atoms. The van der Waals surface area contributed by atoms with E-state index in [4.69, 9.17) is 0 Å². The second-order valence-electron chi connectivity index (χ2n) is 5.23. The van der Waals surface area contributed by atoms with Crippen molar-refractivity contribution in [1.29, 1.82) is 0 Å². The van der Waals surface area contributed by atoms with Gasteiger partial charge >= 0.3 is 5.00 Å². The summed E-state index contributed by atoms with van der Waals surface area (Å²) in [6, 6.07) is 26.1. The van der Waals surface area contributed by atoms with E-state index in [-0.39, 0.29) is 15.1 Å². The molecule has 6 heteroatoms. The lowest BCUT2D eigenvalue weighted by atomic mass is 10.2. The van der Waals surface area contributed by atoms with Gasteiger partial charge in [0.25, 0.3) is 0 Å². The Labute approximate surface area is 185 Å². The summed E-state index contributed by atoms with van der Waals surface area (Å²) in [7, 11) is 0. The fourth-order valence-electron chi connectivity index (χ4n) is 2.26. The van der Waals surface area contributed by atoms with E-state index >= 15 is 0 Å². The van der Waals surface area contributed by atoms with Crippen LogP contribution in [-0.2, 0) is 0 Å². The molecule has 0 atom stereocenters. The summed E-state index contributed by atoms with van der Waals surface area (Å²) in [4.78, 5) is 12.0. The van der Waals surface area contributed by atoms with E-state index in [2.05, 4.69) is 0 Å². The molecule has 0 bridgehead atoms. The van der Waals surface area contributed by atoms with Gasteiger partial charge in [0, 0.05) is 15.8 Å². The summed E-state index contributed by atoms with van der Waals surface area (Å²) < 4.78 is 12.6. The highest BCUT2D eigenvalue weighted by Gasteiger charge is 2.10. The average molecular weight is 444 g/mol. The third kappa shape index (κ3) is 7.89. The molecule has 2 aromatic heterocycles. The molecular formula is C24H26FNO2S2. The largest absolute Gasteiger partial charge is 0.324 e. The molecule has 0 aliphatic rings. The predicted octanol–water partition coefficient (Wildman–Crippen LogP) is 8.93. The Bertz CT molecular complexity index is 983. The summed E-state index contributed by atoms with van der Waals surface area (Å²) in [5.41, 5.74) is 2.09. The van der Waals surface area contributed by atoms with Gasteiger partial charge in [-0.25, -0.2) is 0 Å². The Kier molecular flexibility index (Phi) is 11.9. The van der Waals surface area contributed by atoms with Crippen LogP contribution in [0, 0.1) is 15.2 Å². The van der Waals surface area contributed by atoms with Gasteiger partial charge < -0.3 is 0 Å². The first kappa shape index (κ1) is 25.2. The van der Waals surface area contributed by atoms with Crippen molar-refractivity contribution in [2.24, 2.45) is 0 Å². The van der Waals surface area contributed by atoms with Gasteiger partial charge in [0.15, 0.2) is 5.13 Å². The van der Waals surface area contributed by atoms with E-state index in [1.165, 1.54) is 34.8 Å². The second kappa shape index (κ2) is 14.2. The maximum Gasteiger partial charge on any atom is 0.324 e. The van der Waals surface area contributed by atoms with Crippen LogP contribution in [0.25, 0.3) is 20.9 Å². The first-order valence-corrected chi connectivity index (χ1v) is 11.4. The van der Waals surface area contributed by atoms with Gasteiger partial charge in [-0.05, 0) is 29.3 Å². The molecule has 158 valence electrons.